The first-order chi connectivity index (χ1) is 11.7. The number of benzene rings is 3. The molecule has 0 saturated carbocycles. The Morgan fingerprint density at radius 3 is 2.42 bits per heavy atom. The lowest BCUT2D eigenvalue weighted by molar-refractivity contribution is 0.0993. The van der Waals surface area contributed by atoms with Gasteiger partial charge in [-0.25, -0.2) is 0 Å². The predicted octanol–water partition coefficient (Wildman–Crippen LogP) is 5.30. The van der Waals surface area contributed by atoms with Crippen LogP contribution in [0.2, 0.25) is 5.02 Å². The third-order valence-electron chi connectivity index (χ3n) is 3.83. The summed E-state index contributed by atoms with van der Waals surface area (Å²) in [6.45, 7) is 0. The third kappa shape index (κ3) is 3.53. The Morgan fingerprint density at radius 2 is 1.67 bits per heavy atom. The molecule has 0 bridgehead atoms. The van der Waals surface area contributed by atoms with Crippen molar-refractivity contribution in [1.29, 1.82) is 5.26 Å². The second-order valence-electron chi connectivity index (χ2n) is 5.46. The van der Waals surface area contributed by atoms with Crippen molar-refractivity contribution >= 4 is 17.4 Å². The first-order valence-electron chi connectivity index (χ1n) is 7.54. The summed E-state index contributed by atoms with van der Waals surface area (Å²) in [7, 11) is 0. The van der Waals surface area contributed by atoms with Gasteiger partial charge >= 0.3 is 0 Å². The first-order valence-corrected chi connectivity index (χ1v) is 7.92. The molecule has 3 heteroatoms. The number of halogens is 1. The number of nitriles is 1. The van der Waals surface area contributed by atoms with Crippen molar-refractivity contribution in [2.24, 2.45) is 0 Å². The minimum Gasteiger partial charge on any atom is -0.294 e. The Labute approximate surface area is 145 Å². The van der Waals surface area contributed by atoms with E-state index in [9.17, 15) is 10.1 Å². The Balaban J connectivity index is 1.89. The van der Waals surface area contributed by atoms with Crippen LogP contribution in [0.3, 0.4) is 0 Å². The standard InChI is InChI=1S/C21H14ClNO/c22-20-10-9-18(14-23)19(12-20)13-21(24)17-8-4-7-16(11-17)15-5-2-1-3-6-15/h1-12H,13H2. The Morgan fingerprint density at radius 1 is 0.917 bits per heavy atom. The van der Waals surface area contributed by atoms with Crippen molar-refractivity contribution in [3.05, 3.63) is 94.5 Å². The van der Waals surface area contributed by atoms with Gasteiger partial charge < -0.3 is 0 Å². The number of ketones is 1. The van der Waals surface area contributed by atoms with E-state index in [4.69, 9.17) is 11.6 Å². The van der Waals surface area contributed by atoms with Gasteiger partial charge in [-0.15, -0.1) is 0 Å². The average Bonchev–Trinajstić information content (AvgIpc) is 2.63. The van der Waals surface area contributed by atoms with Crippen LogP contribution in [-0.4, -0.2) is 5.78 Å². The fourth-order valence-corrected chi connectivity index (χ4v) is 2.79. The molecule has 0 spiro atoms. The van der Waals surface area contributed by atoms with Gasteiger partial charge in [0.2, 0.25) is 0 Å². The maximum absolute atomic E-state index is 12.6. The molecule has 0 saturated heterocycles. The number of rotatable bonds is 4. The predicted molar refractivity (Wildman–Crippen MR) is 96.1 cm³/mol. The van der Waals surface area contributed by atoms with E-state index in [2.05, 4.69) is 6.07 Å². The number of Topliss-reactive ketones (excluding diaryl/α,β-unsaturated/α-hetero) is 1. The molecular formula is C21H14ClNO. The highest BCUT2D eigenvalue weighted by Crippen LogP contribution is 2.22. The van der Waals surface area contributed by atoms with E-state index in [1.165, 1.54) is 0 Å². The van der Waals surface area contributed by atoms with Crippen LogP contribution in [0, 0.1) is 11.3 Å². The zero-order valence-electron chi connectivity index (χ0n) is 12.9. The Bertz CT molecular complexity index is 926. The number of carbonyl (C=O) groups is 1. The quantitative estimate of drug-likeness (QED) is 0.608. The van der Waals surface area contributed by atoms with Crippen LogP contribution in [0.25, 0.3) is 11.1 Å². The summed E-state index contributed by atoms with van der Waals surface area (Å²) >= 11 is 5.99. The lowest BCUT2D eigenvalue weighted by atomic mass is 9.96. The van der Waals surface area contributed by atoms with Gasteiger partial charge in [0.05, 0.1) is 11.6 Å². The van der Waals surface area contributed by atoms with E-state index >= 15 is 0 Å². The lowest BCUT2D eigenvalue weighted by Gasteiger charge is -2.07. The van der Waals surface area contributed by atoms with Gasteiger partial charge in [-0.2, -0.15) is 5.26 Å². The lowest BCUT2D eigenvalue weighted by Crippen LogP contribution is -2.05. The summed E-state index contributed by atoms with van der Waals surface area (Å²) in [5, 5.41) is 9.70. The van der Waals surface area contributed by atoms with Crippen molar-refractivity contribution in [2.45, 2.75) is 6.42 Å². The molecule has 0 aliphatic rings. The summed E-state index contributed by atoms with van der Waals surface area (Å²) in [6.07, 6.45) is 0.154. The smallest absolute Gasteiger partial charge is 0.167 e. The molecule has 0 aliphatic heterocycles. The van der Waals surface area contributed by atoms with Crippen LogP contribution >= 0.6 is 11.6 Å². The van der Waals surface area contributed by atoms with Gasteiger partial charge in [0.15, 0.2) is 5.78 Å². The first kappa shape index (κ1) is 16.0. The van der Waals surface area contributed by atoms with Crippen molar-refractivity contribution in [1.82, 2.24) is 0 Å². The zero-order chi connectivity index (χ0) is 16.9. The molecule has 0 fully saturated rings. The summed E-state index contributed by atoms with van der Waals surface area (Å²) in [5.74, 6) is -0.0356. The molecule has 0 amide bonds. The van der Waals surface area contributed by atoms with E-state index < -0.39 is 0 Å². The Hall–Kier alpha value is -2.89. The third-order valence-corrected chi connectivity index (χ3v) is 4.07. The molecule has 0 heterocycles. The molecule has 0 N–H and O–H groups in total. The monoisotopic (exact) mass is 331 g/mol. The summed E-state index contributed by atoms with van der Waals surface area (Å²) in [6, 6.07) is 24.5. The SMILES string of the molecule is N#Cc1ccc(Cl)cc1CC(=O)c1cccc(-c2ccccc2)c1. The van der Waals surface area contributed by atoms with E-state index in [0.29, 0.717) is 21.7 Å². The van der Waals surface area contributed by atoms with Crippen molar-refractivity contribution in [3.8, 4) is 17.2 Å². The van der Waals surface area contributed by atoms with Crippen LogP contribution in [-0.2, 0) is 6.42 Å². The van der Waals surface area contributed by atoms with Gasteiger partial charge in [-0.3, -0.25) is 4.79 Å². The summed E-state index contributed by atoms with van der Waals surface area (Å²) in [5.41, 5.74) is 3.81. The normalized spacial score (nSPS) is 10.2. The van der Waals surface area contributed by atoms with Gasteiger partial charge in [-0.1, -0.05) is 60.1 Å². The minimum atomic E-state index is -0.0356. The topological polar surface area (TPSA) is 40.9 Å². The molecule has 116 valence electrons. The average molecular weight is 332 g/mol. The summed E-state index contributed by atoms with van der Waals surface area (Å²) in [4.78, 5) is 12.6. The maximum atomic E-state index is 12.6. The van der Waals surface area contributed by atoms with E-state index in [0.717, 1.165) is 11.1 Å². The Kier molecular flexibility index (Phi) is 4.74. The van der Waals surface area contributed by atoms with Gasteiger partial charge in [-0.05, 0) is 41.0 Å². The highest BCUT2D eigenvalue weighted by atomic mass is 35.5. The van der Waals surface area contributed by atoms with Gasteiger partial charge in [0, 0.05) is 17.0 Å². The number of carbonyl (C=O) groups excluding carboxylic acids is 1. The molecule has 2 nitrogen and oxygen atoms in total. The minimum absolute atomic E-state index is 0.0356. The molecule has 0 unspecified atom stereocenters. The highest BCUT2D eigenvalue weighted by Gasteiger charge is 2.12. The molecule has 3 aromatic rings. The van der Waals surface area contributed by atoms with Gasteiger partial charge in [0.25, 0.3) is 0 Å². The molecule has 24 heavy (non-hydrogen) atoms. The maximum Gasteiger partial charge on any atom is 0.167 e. The molecule has 0 aromatic heterocycles. The zero-order valence-corrected chi connectivity index (χ0v) is 13.6. The largest absolute Gasteiger partial charge is 0.294 e. The second-order valence-corrected chi connectivity index (χ2v) is 5.90. The molecular weight excluding hydrogens is 318 g/mol. The van der Waals surface area contributed by atoms with Crippen LogP contribution < -0.4 is 0 Å². The van der Waals surface area contributed by atoms with Crippen molar-refractivity contribution < 1.29 is 4.79 Å². The van der Waals surface area contributed by atoms with E-state index in [-0.39, 0.29) is 12.2 Å². The van der Waals surface area contributed by atoms with Crippen molar-refractivity contribution in [2.75, 3.05) is 0 Å². The molecule has 0 radical (unpaired) electrons. The number of hydrogen-bond acceptors (Lipinski definition) is 2. The molecule has 3 aromatic carbocycles. The summed E-state index contributed by atoms with van der Waals surface area (Å²) < 4.78 is 0. The fourth-order valence-electron chi connectivity index (χ4n) is 2.60. The highest BCUT2D eigenvalue weighted by molar-refractivity contribution is 6.30. The van der Waals surface area contributed by atoms with Crippen molar-refractivity contribution in [3.63, 3.8) is 0 Å². The molecule has 3 rings (SSSR count). The van der Waals surface area contributed by atoms with Crippen LogP contribution in [0.1, 0.15) is 21.5 Å². The van der Waals surface area contributed by atoms with Crippen LogP contribution in [0.15, 0.2) is 72.8 Å². The van der Waals surface area contributed by atoms with Crippen LogP contribution in [0.4, 0.5) is 0 Å². The molecule has 0 aliphatic carbocycles. The van der Waals surface area contributed by atoms with E-state index in [1.54, 1.807) is 24.3 Å². The van der Waals surface area contributed by atoms with Gasteiger partial charge in [0.1, 0.15) is 0 Å². The van der Waals surface area contributed by atoms with E-state index in [1.807, 2.05) is 48.5 Å². The second kappa shape index (κ2) is 7.12. The number of hydrogen-bond donors (Lipinski definition) is 0. The fraction of sp³-hybridized carbons (Fsp3) is 0.0476. The van der Waals surface area contributed by atoms with Crippen LogP contribution in [0.5, 0.6) is 0 Å². The number of nitrogens with zero attached hydrogens (tertiary/aromatic N) is 1. The molecule has 0 atom stereocenters.